The zero-order valence-electron chi connectivity index (χ0n) is 17.9. The number of piperazine rings is 1. The van der Waals surface area contributed by atoms with Crippen LogP contribution < -0.4 is 15.4 Å². The molecular formula is C21H36IN5O. The molecule has 0 radical (unpaired) electrons. The summed E-state index contributed by atoms with van der Waals surface area (Å²) in [6.07, 6.45) is 0.902. The lowest BCUT2D eigenvalue weighted by atomic mass is 9.90. The first-order chi connectivity index (χ1) is 12.9. The molecule has 2 aliphatic rings. The largest absolute Gasteiger partial charge is 0.487 e. The number of benzene rings is 1. The quantitative estimate of drug-likeness (QED) is 0.378. The summed E-state index contributed by atoms with van der Waals surface area (Å²) >= 11 is 0. The summed E-state index contributed by atoms with van der Waals surface area (Å²) < 4.78 is 6.14. The van der Waals surface area contributed by atoms with E-state index in [2.05, 4.69) is 71.4 Å². The SMILES string of the molecule is CN=C(NCC(C)N1CCN(C)CC1)NC1CC(C)(C)Oc2ccccc21.I. The molecule has 2 aliphatic heterocycles. The maximum absolute atomic E-state index is 6.14. The molecule has 2 atom stereocenters. The van der Waals surface area contributed by atoms with E-state index in [1.165, 1.54) is 5.56 Å². The molecule has 0 bridgehead atoms. The summed E-state index contributed by atoms with van der Waals surface area (Å²) in [5.41, 5.74) is 1.00. The van der Waals surface area contributed by atoms with E-state index in [1.54, 1.807) is 0 Å². The minimum atomic E-state index is -0.196. The molecule has 0 aliphatic carbocycles. The predicted molar refractivity (Wildman–Crippen MR) is 127 cm³/mol. The Kier molecular flexibility index (Phi) is 8.39. The summed E-state index contributed by atoms with van der Waals surface area (Å²) in [5.74, 6) is 1.82. The second kappa shape index (κ2) is 10.1. The number of guanidine groups is 1. The molecule has 3 rings (SSSR count). The maximum Gasteiger partial charge on any atom is 0.191 e. The molecule has 1 aromatic rings. The zero-order valence-corrected chi connectivity index (χ0v) is 20.2. The number of likely N-dealkylation sites (N-methyl/N-ethyl adjacent to an activating group) is 1. The Bertz CT molecular complexity index is 658. The molecular weight excluding hydrogens is 465 g/mol. The number of nitrogens with zero attached hydrogens (tertiary/aromatic N) is 3. The van der Waals surface area contributed by atoms with Gasteiger partial charge in [-0.1, -0.05) is 18.2 Å². The van der Waals surface area contributed by atoms with Crippen LogP contribution in [-0.2, 0) is 0 Å². The summed E-state index contributed by atoms with van der Waals surface area (Å²) in [7, 11) is 4.03. The van der Waals surface area contributed by atoms with E-state index >= 15 is 0 Å². The number of fused-ring (bicyclic) bond motifs is 1. The van der Waals surface area contributed by atoms with E-state index in [-0.39, 0.29) is 35.6 Å². The van der Waals surface area contributed by atoms with Crippen molar-refractivity contribution in [2.75, 3.05) is 46.8 Å². The molecule has 7 heteroatoms. The van der Waals surface area contributed by atoms with Gasteiger partial charge in [0.1, 0.15) is 11.4 Å². The fourth-order valence-electron chi connectivity index (χ4n) is 3.93. The number of para-hydroxylation sites is 1. The molecule has 0 aromatic heterocycles. The van der Waals surface area contributed by atoms with Gasteiger partial charge in [-0.05, 0) is 33.9 Å². The topological polar surface area (TPSA) is 52.1 Å². The molecule has 2 unspecified atom stereocenters. The van der Waals surface area contributed by atoms with Gasteiger partial charge in [-0.2, -0.15) is 0 Å². The molecule has 0 saturated carbocycles. The summed E-state index contributed by atoms with van der Waals surface area (Å²) in [6.45, 7) is 12.0. The van der Waals surface area contributed by atoms with Crippen LogP contribution in [0.4, 0.5) is 0 Å². The summed E-state index contributed by atoms with van der Waals surface area (Å²) in [4.78, 5) is 9.40. The van der Waals surface area contributed by atoms with Crippen LogP contribution in [0.5, 0.6) is 5.75 Å². The van der Waals surface area contributed by atoms with Gasteiger partial charge >= 0.3 is 0 Å². The van der Waals surface area contributed by atoms with Crippen LogP contribution in [0.2, 0.25) is 0 Å². The number of rotatable bonds is 4. The van der Waals surface area contributed by atoms with Crippen molar-refractivity contribution in [3.05, 3.63) is 29.8 Å². The highest BCUT2D eigenvalue weighted by Gasteiger charge is 2.34. The van der Waals surface area contributed by atoms with Crippen molar-refractivity contribution < 1.29 is 4.74 Å². The molecule has 158 valence electrons. The van der Waals surface area contributed by atoms with E-state index in [0.717, 1.165) is 50.9 Å². The smallest absolute Gasteiger partial charge is 0.191 e. The predicted octanol–water partition coefficient (Wildman–Crippen LogP) is 2.71. The molecule has 0 amide bonds. The standard InChI is InChI=1S/C21H35N5O.HI/c1-16(26-12-10-25(5)11-13-26)15-23-20(22-4)24-18-14-21(2,3)27-19-9-7-6-8-17(18)19;/h6-9,16,18H,10-15H2,1-5H3,(H2,22,23,24);1H. The molecule has 28 heavy (non-hydrogen) atoms. The van der Waals surface area contributed by atoms with Crippen LogP contribution in [0.1, 0.15) is 38.8 Å². The second-order valence-corrected chi connectivity index (χ2v) is 8.44. The first-order valence-electron chi connectivity index (χ1n) is 10.1. The third kappa shape index (κ3) is 5.97. The zero-order chi connectivity index (χ0) is 19.4. The highest BCUT2D eigenvalue weighted by molar-refractivity contribution is 14.0. The van der Waals surface area contributed by atoms with Gasteiger partial charge in [0.05, 0.1) is 6.04 Å². The number of ether oxygens (including phenoxy) is 1. The first kappa shape index (κ1) is 23.2. The van der Waals surface area contributed by atoms with Gasteiger partial charge in [-0.15, -0.1) is 24.0 Å². The Morgan fingerprint density at radius 3 is 2.61 bits per heavy atom. The average Bonchev–Trinajstić information content (AvgIpc) is 2.64. The van der Waals surface area contributed by atoms with Gasteiger partial charge in [0, 0.05) is 57.8 Å². The summed E-state index contributed by atoms with van der Waals surface area (Å²) in [5, 5.41) is 7.14. The van der Waals surface area contributed by atoms with Crippen LogP contribution in [-0.4, -0.2) is 74.2 Å². The third-order valence-electron chi connectivity index (χ3n) is 5.64. The lowest BCUT2D eigenvalue weighted by molar-refractivity contribution is 0.0693. The van der Waals surface area contributed by atoms with E-state index < -0.39 is 0 Å². The van der Waals surface area contributed by atoms with Crippen LogP contribution >= 0.6 is 24.0 Å². The number of hydrogen-bond donors (Lipinski definition) is 2. The third-order valence-corrected chi connectivity index (χ3v) is 5.64. The van der Waals surface area contributed by atoms with Gasteiger partial charge in [0.15, 0.2) is 5.96 Å². The monoisotopic (exact) mass is 501 g/mol. The number of hydrogen-bond acceptors (Lipinski definition) is 4. The second-order valence-electron chi connectivity index (χ2n) is 8.44. The number of nitrogens with one attached hydrogen (secondary N) is 2. The van der Waals surface area contributed by atoms with Crippen molar-refractivity contribution in [3.8, 4) is 5.75 Å². The Morgan fingerprint density at radius 2 is 1.93 bits per heavy atom. The highest BCUT2D eigenvalue weighted by atomic mass is 127. The maximum atomic E-state index is 6.14. The Hall–Kier alpha value is -1.06. The van der Waals surface area contributed by atoms with Crippen LogP contribution in [0.15, 0.2) is 29.3 Å². The molecule has 0 spiro atoms. The van der Waals surface area contributed by atoms with E-state index in [0.29, 0.717) is 6.04 Å². The van der Waals surface area contributed by atoms with Crippen molar-refractivity contribution in [3.63, 3.8) is 0 Å². The minimum Gasteiger partial charge on any atom is -0.487 e. The Balaban J connectivity index is 0.00000280. The lowest BCUT2D eigenvalue weighted by Crippen LogP contribution is -2.53. The average molecular weight is 501 g/mol. The van der Waals surface area contributed by atoms with E-state index in [1.807, 2.05) is 13.1 Å². The van der Waals surface area contributed by atoms with E-state index in [4.69, 9.17) is 4.74 Å². The van der Waals surface area contributed by atoms with Crippen molar-refractivity contribution in [2.45, 2.75) is 44.9 Å². The molecule has 6 nitrogen and oxygen atoms in total. The Morgan fingerprint density at radius 1 is 1.25 bits per heavy atom. The van der Waals surface area contributed by atoms with Crippen molar-refractivity contribution in [2.24, 2.45) is 4.99 Å². The lowest BCUT2D eigenvalue weighted by Gasteiger charge is -2.39. The van der Waals surface area contributed by atoms with Crippen molar-refractivity contribution in [1.29, 1.82) is 0 Å². The fourth-order valence-corrected chi connectivity index (χ4v) is 3.93. The van der Waals surface area contributed by atoms with Crippen molar-refractivity contribution >= 4 is 29.9 Å². The van der Waals surface area contributed by atoms with Crippen LogP contribution in [0.3, 0.4) is 0 Å². The first-order valence-corrected chi connectivity index (χ1v) is 10.1. The molecule has 2 heterocycles. The van der Waals surface area contributed by atoms with Crippen molar-refractivity contribution in [1.82, 2.24) is 20.4 Å². The Labute approximate surface area is 187 Å². The van der Waals surface area contributed by atoms with Crippen LogP contribution in [0, 0.1) is 0 Å². The molecule has 1 saturated heterocycles. The normalized spacial score (nSPS) is 23.8. The molecule has 2 N–H and O–H groups in total. The van der Waals surface area contributed by atoms with Crippen LogP contribution in [0.25, 0.3) is 0 Å². The summed E-state index contributed by atoms with van der Waals surface area (Å²) in [6, 6.07) is 8.97. The van der Waals surface area contributed by atoms with Gasteiger partial charge < -0.3 is 20.3 Å². The molecule has 1 aromatic carbocycles. The van der Waals surface area contributed by atoms with E-state index in [9.17, 15) is 0 Å². The fraction of sp³-hybridized carbons (Fsp3) is 0.667. The van der Waals surface area contributed by atoms with Gasteiger partial charge in [0.2, 0.25) is 0 Å². The van der Waals surface area contributed by atoms with Gasteiger partial charge in [0.25, 0.3) is 0 Å². The number of aliphatic imine (C=N–C) groups is 1. The van der Waals surface area contributed by atoms with Gasteiger partial charge in [-0.25, -0.2) is 0 Å². The highest BCUT2D eigenvalue weighted by Crippen LogP contribution is 2.39. The van der Waals surface area contributed by atoms with Gasteiger partial charge in [-0.3, -0.25) is 9.89 Å². The number of halogens is 1. The molecule has 1 fully saturated rings. The minimum absolute atomic E-state index is 0.